The molecule has 0 saturated carbocycles. The molecule has 0 aromatic heterocycles. The first kappa shape index (κ1) is 14.4. The van der Waals surface area contributed by atoms with E-state index in [9.17, 15) is 0 Å². The highest BCUT2D eigenvalue weighted by molar-refractivity contribution is 5.84. The van der Waals surface area contributed by atoms with Crippen LogP contribution in [0, 0.1) is 0 Å². The normalized spacial score (nSPS) is 18.8. The van der Waals surface area contributed by atoms with E-state index < -0.39 is 0 Å². The second-order valence-corrected chi connectivity index (χ2v) is 5.67. The Morgan fingerprint density at radius 1 is 1.14 bits per heavy atom. The van der Waals surface area contributed by atoms with E-state index in [1.165, 1.54) is 35.6 Å². The number of nitrogens with one attached hydrogen (secondary N) is 1. The lowest BCUT2D eigenvalue weighted by Crippen LogP contribution is -2.31. The standard InChI is InChI=1S/C18H23NO2/c1-20-17-8-7-15-10-14(5-6-16(15)11-17)12-19-13-18-4-2-3-9-21-18/h5-8,10-11,18-19H,2-4,9,12-13H2,1H3. The first-order valence-corrected chi connectivity index (χ1v) is 7.74. The largest absolute Gasteiger partial charge is 0.497 e. The number of fused-ring (bicyclic) bond motifs is 1. The maximum atomic E-state index is 5.74. The first-order chi connectivity index (χ1) is 10.3. The highest BCUT2D eigenvalue weighted by Gasteiger charge is 2.12. The van der Waals surface area contributed by atoms with Crippen LogP contribution in [0.3, 0.4) is 0 Å². The highest BCUT2D eigenvalue weighted by atomic mass is 16.5. The van der Waals surface area contributed by atoms with Gasteiger partial charge in [0.1, 0.15) is 5.75 Å². The summed E-state index contributed by atoms with van der Waals surface area (Å²) in [4.78, 5) is 0. The van der Waals surface area contributed by atoms with Crippen LogP contribution in [-0.4, -0.2) is 26.4 Å². The molecule has 1 unspecified atom stereocenters. The Morgan fingerprint density at radius 3 is 2.81 bits per heavy atom. The van der Waals surface area contributed by atoms with Crippen LogP contribution in [0.2, 0.25) is 0 Å². The van der Waals surface area contributed by atoms with E-state index in [2.05, 4.69) is 35.6 Å². The summed E-state index contributed by atoms with van der Waals surface area (Å²) in [5.74, 6) is 0.905. The molecule has 3 heteroatoms. The van der Waals surface area contributed by atoms with Crippen molar-refractivity contribution < 1.29 is 9.47 Å². The lowest BCUT2D eigenvalue weighted by atomic mass is 10.1. The minimum atomic E-state index is 0.392. The van der Waals surface area contributed by atoms with Crippen molar-refractivity contribution in [1.82, 2.24) is 5.32 Å². The monoisotopic (exact) mass is 285 g/mol. The Hall–Kier alpha value is -1.58. The van der Waals surface area contributed by atoms with Crippen LogP contribution in [-0.2, 0) is 11.3 Å². The zero-order chi connectivity index (χ0) is 14.5. The molecule has 1 aliphatic rings. The van der Waals surface area contributed by atoms with Gasteiger partial charge in [-0.25, -0.2) is 0 Å². The van der Waals surface area contributed by atoms with Crippen LogP contribution in [0.25, 0.3) is 10.8 Å². The van der Waals surface area contributed by atoms with Gasteiger partial charge in [0, 0.05) is 19.7 Å². The summed E-state index contributed by atoms with van der Waals surface area (Å²) < 4.78 is 11.0. The molecule has 2 aromatic carbocycles. The lowest BCUT2D eigenvalue weighted by Gasteiger charge is -2.22. The van der Waals surface area contributed by atoms with E-state index in [0.717, 1.165) is 25.4 Å². The summed E-state index contributed by atoms with van der Waals surface area (Å²) in [5.41, 5.74) is 1.31. The average Bonchev–Trinajstić information content (AvgIpc) is 2.55. The van der Waals surface area contributed by atoms with Crippen molar-refractivity contribution >= 4 is 10.8 Å². The quantitative estimate of drug-likeness (QED) is 0.912. The van der Waals surface area contributed by atoms with Gasteiger partial charge in [-0.1, -0.05) is 18.2 Å². The second-order valence-electron chi connectivity index (χ2n) is 5.67. The van der Waals surface area contributed by atoms with Gasteiger partial charge in [0.05, 0.1) is 13.2 Å². The molecule has 3 rings (SSSR count). The van der Waals surface area contributed by atoms with Crippen LogP contribution >= 0.6 is 0 Å². The molecule has 1 N–H and O–H groups in total. The number of benzene rings is 2. The van der Waals surface area contributed by atoms with Crippen LogP contribution < -0.4 is 10.1 Å². The third-order valence-electron chi connectivity index (χ3n) is 4.09. The van der Waals surface area contributed by atoms with E-state index in [-0.39, 0.29) is 0 Å². The van der Waals surface area contributed by atoms with Crippen LogP contribution in [0.15, 0.2) is 36.4 Å². The third-order valence-corrected chi connectivity index (χ3v) is 4.09. The molecule has 1 aliphatic heterocycles. The maximum Gasteiger partial charge on any atom is 0.119 e. The summed E-state index contributed by atoms with van der Waals surface area (Å²) in [7, 11) is 1.70. The molecule has 112 valence electrons. The molecule has 2 aromatic rings. The summed E-state index contributed by atoms with van der Waals surface area (Å²) in [6, 6.07) is 12.8. The van der Waals surface area contributed by atoms with Gasteiger partial charge in [-0.05, 0) is 53.8 Å². The Bertz CT molecular complexity index is 591. The SMILES string of the molecule is COc1ccc2cc(CNCC3CCCCO3)ccc2c1. The molecule has 0 spiro atoms. The fourth-order valence-electron chi connectivity index (χ4n) is 2.86. The summed E-state index contributed by atoms with van der Waals surface area (Å²) in [6.07, 6.45) is 4.09. The van der Waals surface area contributed by atoms with E-state index >= 15 is 0 Å². The fraction of sp³-hybridized carbons (Fsp3) is 0.444. The van der Waals surface area contributed by atoms with Gasteiger partial charge in [0.2, 0.25) is 0 Å². The van der Waals surface area contributed by atoms with Crippen molar-refractivity contribution in [3.05, 3.63) is 42.0 Å². The summed E-state index contributed by atoms with van der Waals surface area (Å²) in [5, 5.41) is 5.98. The zero-order valence-corrected chi connectivity index (χ0v) is 12.6. The Kier molecular flexibility index (Phi) is 4.73. The molecular weight excluding hydrogens is 262 g/mol. The van der Waals surface area contributed by atoms with Crippen molar-refractivity contribution in [2.24, 2.45) is 0 Å². The van der Waals surface area contributed by atoms with E-state index in [4.69, 9.17) is 9.47 Å². The van der Waals surface area contributed by atoms with E-state index in [1.807, 2.05) is 6.07 Å². The first-order valence-electron chi connectivity index (χ1n) is 7.74. The molecule has 3 nitrogen and oxygen atoms in total. The number of hydrogen-bond acceptors (Lipinski definition) is 3. The van der Waals surface area contributed by atoms with Gasteiger partial charge < -0.3 is 14.8 Å². The molecule has 0 radical (unpaired) electrons. The van der Waals surface area contributed by atoms with Crippen molar-refractivity contribution in [2.45, 2.75) is 31.9 Å². The minimum Gasteiger partial charge on any atom is -0.497 e. The van der Waals surface area contributed by atoms with Gasteiger partial charge in [-0.15, -0.1) is 0 Å². The van der Waals surface area contributed by atoms with Crippen molar-refractivity contribution in [3.63, 3.8) is 0 Å². The Labute approximate surface area is 126 Å². The molecule has 1 saturated heterocycles. The van der Waals surface area contributed by atoms with Crippen LogP contribution in [0.5, 0.6) is 5.75 Å². The molecule has 1 fully saturated rings. The Balaban J connectivity index is 1.59. The van der Waals surface area contributed by atoms with Gasteiger partial charge in [0.15, 0.2) is 0 Å². The molecule has 1 heterocycles. The number of rotatable bonds is 5. The molecule has 0 bridgehead atoms. The molecule has 21 heavy (non-hydrogen) atoms. The topological polar surface area (TPSA) is 30.5 Å². The van der Waals surface area contributed by atoms with E-state index in [0.29, 0.717) is 6.10 Å². The second kappa shape index (κ2) is 6.92. The van der Waals surface area contributed by atoms with Gasteiger partial charge >= 0.3 is 0 Å². The smallest absolute Gasteiger partial charge is 0.119 e. The summed E-state index contributed by atoms with van der Waals surface area (Å²) in [6.45, 7) is 2.76. The number of hydrogen-bond donors (Lipinski definition) is 1. The molecule has 1 atom stereocenters. The third kappa shape index (κ3) is 3.74. The average molecular weight is 285 g/mol. The van der Waals surface area contributed by atoms with Crippen molar-refractivity contribution in [3.8, 4) is 5.75 Å². The fourth-order valence-corrected chi connectivity index (χ4v) is 2.86. The maximum absolute atomic E-state index is 5.74. The molecule has 0 amide bonds. The van der Waals surface area contributed by atoms with Crippen LogP contribution in [0.1, 0.15) is 24.8 Å². The van der Waals surface area contributed by atoms with Gasteiger partial charge in [-0.3, -0.25) is 0 Å². The highest BCUT2D eigenvalue weighted by Crippen LogP contribution is 2.22. The van der Waals surface area contributed by atoms with E-state index in [1.54, 1.807) is 7.11 Å². The Morgan fingerprint density at radius 2 is 2.00 bits per heavy atom. The summed E-state index contributed by atoms with van der Waals surface area (Å²) >= 11 is 0. The van der Waals surface area contributed by atoms with Crippen LogP contribution in [0.4, 0.5) is 0 Å². The molecule has 0 aliphatic carbocycles. The lowest BCUT2D eigenvalue weighted by molar-refractivity contribution is 0.0168. The van der Waals surface area contributed by atoms with Crippen molar-refractivity contribution in [2.75, 3.05) is 20.3 Å². The number of ether oxygens (including phenoxy) is 2. The predicted octanol–water partition coefficient (Wildman–Crippen LogP) is 3.51. The minimum absolute atomic E-state index is 0.392. The van der Waals surface area contributed by atoms with Gasteiger partial charge in [0.25, 0.3) is 0 Å². The zero-order valence-electron chi connectivity index (χ0n) is 12.6. The predicted molar refractivity (Wildman–Crippen MR) is 85.8 cm³/mol. The van der Waals surface area contributed by atoms with Crippen molar-refractivity contribution in [1.29, 1.82) is 0 Å². The number of methoxy groups -OCH3 is 1. The van der Waals surface area contributed by atoms with Gasteiger partial charge in [-0.2, -0.15) is 0 Å². The molecular formula is C18H23NO2.